The van der Waals surface area contributed by atoms with Crippen molar-refractivity contribution in [2.45, 2.75) is 29.6 Å². The molecule has 0 spiro atoms. The molecule has 2 aliphatic heterocycles. The molecular formula is C15H14N3NaO7S. The van der Waals surface area contributed by atoms with Crippen LogP contribution in [0.5, 0.6) is 0 Å². The van der Waals surface area contributed by atoms with Crippen LogP contribution in [-0.2, 0) is 28.8 Å². The fourth-order valence-electron chi connectivity index (χ4n) is 2.55. The molecule has 2 saturated heterocycles. The minimum absolute atomic E-state index is 0. The monoisotopic (exact) mass is 403 g/mol. The number of carboxylic acids is 1. The molecule has 2 fully saturated rings. The molecule has 1 aromatic rings. The summed E-state index contributed by atoms with van der Waals surface area (Å²) in [5.74, 6) is -3.78. The average Bonchev–Trinajstić information content (AvgIpc) is 3.18. The van der Waals surface area contributed by atoms with E-state index in [0.29, 0.717) is 10.1 Å². The van der Waals surface area contributed by atoms with E-state index >= 15 is 0 Å². The van der Waals surface area contributed by atoms with Crippen molar-refractivity contribution in [2.24, 2.45) is 0 Å². The molecule has 3 rings (SSSR count). The largest absolute Gasteiger partial charge is 1.00 e. The molecule has 1 N–H and O–H groups in total. The van der Waals surface area contributed by atoms with Gasteiger partial charge in [-0.3, -0.25) is 19.2 Å². The third-order valence-electron chi connectivity index (χ3n) is 3.79. The number of aliphatic carboxylic acids is 1. The van der Waals surface area contributed by atoms with E-state index < -0.39 is 35.5 Å². The molecule has 0 aliphatic carbocycles. The van der Waals surface area contributed by atoms with Gasteiger partial charge in [0.1, 0.15) is 18.6 Å². The molecule has 0 aromatic carbocycles. The molecule has 10 nitrogen and oxygen atoms in total. The van der Waals surface area contributed by atoms with E-state index in [0.717, 1.165) is 0 Å². The number of thioether (sulfide) groups is 1. The van der Waals surface area contributed by atoms with Crippen LogP contribution in [0.15, 0.2) is 29.4 Å². The molecule has 1 unspecified atom stereocenters. The van der Waals surface area contributed by atoms with Gasteiger partial charge in [-0.2, -0.15) is 5.06 Å². The minimum atomic E-state index is -2.30. The number of amides is 2. The quantitative estimate of drug-likeness (QED) is 0.282. The standard InChI is InChI=1S/C15H15N3O7S.Na/c19-10(8-26-11-3-1-2-6-16-11)17-9-7-24-18(13(9)21)15(14(22)23)5-4-12(20)25-15;/h1-3,6,9H,4-5,7-8H2,(H,17,19)(H,22,23);/q;+1/p-1/t9-,15?;/m0./s1. The van der Waals surface area contributed by atoms with E-state index in [2.05, 4.69) is 10.3 Å². The fraction of sp³-hybridized carbons (Fsp3) is 0.400. The Bertz CT molecular complexity index is 750. The number of ether oxygens (including phenoxy) is 1. The Labute approximate surface area is 180 Å². The van der Waals surface area contributed by atoms with E-state index in [1.165, 1.54) is 11.8 Å². The van der Waals surface area contributed by atoms with Crippen LogP contribution in [0.25, 0.3) is 0 Å². The van der Waals surface area contributed by atoms with Gasteiger partial charge < -0.3 is 20.0 Å². The van der Waals surface area contributed by atoms with E-state index in [1.54, 1.807) is 24.4 Å². The maximum Gasteiger partial charge on any atom is 1.00 e. The van der Waals surface area contributed by atoms with Crippen molar-refractivity contribution in [2.75, 3.05) is 12.4 Å². The molecule has 0 bridgehead atoms. The third kappa shape index (κ3) is 4.61. The van der Waals surface area contributed by atoms with Crippen LogP contribution in [-0.4, -0.2) is 57.9 Å². The summed E-state index contributed by atoms with van der Waals surface area (Å²) in [7, 11) is 0. The van der Waals surface area contributed by atoms with Crippen molar-refractivity contribution in [3.63, 3.8) is 0 Å². The van der Waals surface area contributed by atoms with Crippen molar-refractivity contribution in [1.82, 2.24) is 15.4 Å². The number of rotatable bonds is 6. The molecular weight excluding hydrogens is 389 g/mol. The number of carbonyl (C=O) groups is 4. The normalized spacial score (nSPS) is 24.3. The number of nitrogens with one attached hydrogen (secondary N) is 1. The molecule has 12 heteroatoms. The summed E-state index contributed by atoms with van der Waals surface area (Å²) in [6, 6.07) is 4.18. The Kier molecular flexibility index (Phi) is 7.23. The maximum atomic E-state index is 12.4. The molecule has 0 radical (unpaired) electrons. The van der Waals surface area contributed by atoms with Crippen molar-refractivity contribution in [3.05, 3.63) is 24.4 Å². The number of carboxylic acid groups (broad SMARTS) is 1. The van der Waals surface area contributed by atoms with Gasteiger partial charge in [0.25, 0.3) is 11.6 Å². The summed E-state index contributed by atoms with van der Waals surface area (Å²) in [4.78, 5) is 56.3. The first-order valence-electron chi connectivity index (χ1n) is 7.66. The Hall–Kier alpha value is -1.66. The zero-order valence-corrected chi connectivity index (χ0v) is 17.2. The predicted octanol–water partition coefficient (Wildman–Crippen LogP) is -4.78. The van der Waals surface area contributed by atoms with Gasteiger partial charge >= 0.3 is 35.5 Å². The number of hydrogen-bond donors (Lipinski definition) is 1. The second-order valence-electron chi connectivity index (χ2n) is 5.55. The van der Waals surface area contributed by atoms with Gasteiger partial charge in [-0.1, -0.05) is 17.8 Å². The van der Waals surface area contributed by atoms with Gasteiger partial charge in [-0.25, -0.2) is 4.98 Å². The summed E-state index contributed by atoms with van der Waals surface area (Å²) >= 11 is 1.18. The Morgan fingerprint density at radius 1 is 1.41 bits per heavy atom. The van der Waals surface area contributed by atoms with Gasteiger partial charge in [0, 0.05) is 12.6 Å². The zero-order valence-electron chi connectivity index (χ0n) is 14.4. The number of hydrogen-bond acceptors (Lipinski definition) is 9. The predicted molar refractivity (Wildman–Crippen MR) is 82.8 cm³/mol. The van der Waals surface area contributed by atoms with Gasteiger partial charge in [-0.15, -0.1) is 0 Å². The number of pyridine rings is 1. The number of nitrogens with zero attached hydrogens (tertiary/aromatic N) is 2. The Morgan fingerprint density at radius 3 is 2.78 bits per heavy atom. The smallest absolute Gasteiger partial charge is 0.544 e. The zero-order chi connectivity index (χ0) is 18.7. The molecule has 0 saturated carbocycles. The van der Waals surface area contributed by atoms with Gasteiger partial charge in [0.2, 0.25) is 5.91 Å². The second kappa shape index (κ2) is 9.02. The van der Waals surface area contributed by atoms with Gasteiger partial charge in [-0.05, 0) is 12.1 Å². The van der Waals surface area contributed by atoms with Crippen LogP contribution in [0, 0.1) is 0 Å². The number of aromatic nitrogens is 1. The number of carbonyl (C=O) groups excluding carboxylic acids is 4. The fourth-order valence-corrected chi connectivity index (χ4v) is 3.22. The van der Waals surface area contributed by atoms with E-state index in [1.807, 2.05) is 0 Å². The summed E-state index contributed by atoms with van der Waals surface area (Å²) in [6.45, 7) is -0.272. The van der Waals surface area contributed by atoms with Crippen LogP contribution < -0.4 is 40.0 Å². The summed E-state index contributed by atoms with van der Waals surface area (Å²) < 4.78 is 4.78. The van der Waals surface area contributed by atoms with E-state index in [9.17, 15) is 24.3 Å². The maximum absolute atomic E-state index is 12.4. The van der Waals surface area contributed by atoms with E-state index in [4.69, 9.17) is 9.57 Å². The van der Waals surface area contributed by atoms with Crippen LogP contribution >= 0.6 is 11.8 Å². The van der Waals surface area contributed by atoms with Gasteiger partial charge in [0.05, 0.1) is 17.2 Å². The first kappa shape index (κ1) is 21.6. The number of hydroxylamine groups is 2. The topological polar surface area (TPSA) is 138 Å². The molecule has 2 amide bonds. The molecule has 3 heterocycles. The van der Waals surface area contributed by atoms with Crippen molar-refractivity contribution >= 4 is 35.5 Å². The first-order valence-corrected chi connectivity index (χ1v) is 8.64. The molecule has 2 aliphatic rings. The van der Waals surface area contributed by atoms with Gasteiger partial charge in [0.15, 0.2) is 0 Å². The van der Waals surface area contributed by atoms with Crippen molar-refractivity contribution < 1.29 is 63.4 Å². The van der Waals surface area contributed by atoms with Crippen LogP contribution in [0.4, 0.5) is 0 Å². The van der Waals surface area contributed by atoms with Crippen LogP contribution in [0.1, 0.15) is 12.8 Å². The molecule has 2 atom stereocenters. The summed E-state index contributed by atoms with van der Waals surface area (Å²) in [5, 5.41) is 15.0. The Balaban J connectivity index is 0.00000261. The molecule has 138 valence electrons. The Morgan fingerprint density at radius 2 is 2.19 bits per heavy atom. The second-order valence-corrected chi connectivity index (χ2v) is 6.55. The third-order valence-corrected chi connectivity index (χ3v) is 4.73. The SMILES string of the molecule is O=C(CSc1ccccn1)N[C@H]1CON(C2(C(=O)[O-])CCC(=O)O2)C1=O.[Na+]. The van der Waals surface area contributed by atoms with E-state index in [-0.39, 0.29) is 54.8 Å². The van der Waals surface area contributed by atoms with Crippen LogP contribution in [0.3, 0.4) is 0 Å². The summed E-state index contributed by atoms with van der Waals surface area (Å²) in [6.07, 6.45) is 1.13. The molecule has 1 aromatic heterocycles. The van der Waals surface area contributed by atoms with Crippen molar-refractivity contribution in [1.29, 1.82) is 0 Å². The number of esters is 1. The first-order chi connectivity index (χ1) is 12.4. The summed E-state index contributed by atoms with van der Waals surface area (Å²) in [5.41, 5.74) is -2.30. The molecule has 27 heavy (non-hydrogen) atoms. The van der Waals surface area contributed by atoms with Crippen molar-refractivity contribution in [3.8, 4) is 0 Å². The van der Waals surface area contributed by atoms with Crippen LogP contribution in [0.2, 0.25) is 0 Å². The number of cyclic esters (lactones) is 1. The average molecular weight is 403 g/mol. The minimum Gasteiger partial charge on any atom is -0.544 e.